The molecule has 0 N–H and O–H groups in total. The van der Waals surface area contributed by atoms with Crippen LogP contribution in [0.4, 0.5) is 0 Å². The van der Waals surface area contributed by atoms with Crippen molar-refractivity contribution in [3.8, 4) is 0 Å². The zero-order valence-corrected chi connectivity index (χ0v) is 20.9. The summed E-state index contributed by atoms with van der Waals surface area (Å²) < 4.78 is 0. The first-order chi connectivity index (χ1) is 10.3. The maximum absolute atomic E-state index is 9.99. The molecule has 0 heterocycles. The maximum Gasteiger partial charge on any atom is 1.00 e. The second-order valence-electron chi connectivity index (χ2n) is 6.73. The summed E-state index contributed by atoms with van der Waals surface area (Å²) in [6.07, 6.45) is 8.72. The molecule has 132 valence electrons. The molecule has 24 heavy (non-hydrogen) atoms. The van der Waals surface area contributed by atoms with E-state index in [-0.39, 0.29) is 72.0 Å². The van der Waals surface area contributed by atoms with E-state index in [0.717, 1.165) is 50.4 Å². The predicted molar refractivity (Wildman–Crippen MR) is 85.9 cm³/mol. The molecule has 0 radical (unpaired) electrons. The topological polar surface area (TPSA) is 80.3 Å². The van der Waals surface area contributed by atoms with E-state index in [1.54, 1.807) is 0 Å². The standard InChI is InChI=1S/2C9H18O2.2Na/c2*1-8(2)6-4-3-5-7-9(10)11;;/h2*8H,3-7H2,1-2H3,(H,10,11);;/q;;2*+1/p-2. The van der Waals surface area contributed by atoms with Crippen LogP contribution >= 0.6 is 0 Å². The largest absolute Gasteiger partial charge is 1.00 e. The third kappa shape index (κ3) is 38.5. The number of carbonyl (C=O) groups excluding carboxylic acids is 2. The normalized spacial score (nSPS) is 9.58. The molecule has 0 aromatic rings. The second-order valence-corrected chi connectivity index (χ2v) is 6.73. The van der Waals surface area contributed by atoms with Gasteiger partial charge in [-0.1, -0.05) is 66.2 Å². The summed E-state index contributed by atoms with van der Waals surface area (Å²) in [6.45, 7) is 8.72. The Morgan fingerprint density at radius 3 is 1.12 bits per heavy atom. The summed E-state index contributed by atoms with van der Waals surface area (Å²) in [5, 5.41) is 20.0. The fourth-order valence-corrected chi connectivity index (χ4v) is 2.00. The van der Waals surface area contributed by atoms with Crippen molar-refractivity contribution in [2.75, 3.05) is 0 Å². The molecule has 0 aliphatic rings. The molecule has 0 rings (SSSR count). The number of hydrogen-bond acceptors (Lipinski definition) is 4. The third-order valence-electron chi connectivity index (χ3n) is 3.32. The van der Waals surface area contributed by atoms with Crippen LogP contribution in [0, 0.1) is 11.8 Å². The Hall–Kier alpha value is 0.940. The van der Waals surface area contributed by atoms with Crippen LogP contribution in [-0.2, 0) is 9.59 Å². The summed E-state index contributed by atoms with van der Waals surface area (Å²) in [5.74, 6) is -0.375. The molecule has 0 saturated heterocycles. The third-order valence-corrected chi connectivity index (χ3v) is 3.32. The van der Waals surface area contributed by atoms with Gasteiger partial charge in [-0.2, -0.15) is 0 Å². The van der Waals surface area contributed by atoms with Crippen molar-refractivity contribution in [1.82, 2.24) is 0 Å². The molecule has 0 aromatic carbocycles. The number of carboxylic acid groups (broad SMARTS) is 2. The fraction of sp³-hybridized carbons (Fsp3) is 0.889. The Kier molecular flexibility index (Phi) is 32.5. The van der Waals surface area contributed by atoms with E-state index in [4.69, 9.17) is 0 Å². The van der Waals surface area contributed by atoms with E-state index in [1.165, 1.54) is 12.8 Å². The molecule has 0 aromatic heterocycles. The number of aliphatic carboxylic acids is 2. The van der Waals surface area contributed by atoms with Crippen LogP contribution < -0.4 is 69.3 Å². The molecule has 0 unspecified atom stereocenters. The summed E-state index contributed by atoms with van der Waals surface area (Å²) in [4.78, 5) is 20.0. The van der Waals surface area contributed by atoms with E-state index >= 15 is 0 Å². The first-order valence-electron chi connectivity index (χ1n) is 8.65. The molecule has 0 fully saturated rings. The Labute approximate surface area is 193 Å². The Balaban J connectivity index is -0.000000154. The fourth-order valence-electron chi connectivity index (χ4n) is 2.00. The SMILES string of the molecule is CC(C)CCCCCC(=O)[O-].CC(C)CCCCCC(=O)[O-].[Na+].[Na+]. The van der Waals surface area contributed by atoms with E-state index < -0.39 is 11.9 Å². The molecule has 0 spiro atoms. The number of carbonyl (C=O) groups is 2. The van der Waals surface area contributed by atoms with Crippen LogP contribution in [-0.4, -0.2) is 11.9 Å². The predicted octanol–water partition coefficient (Wildman–Crippen LogP) is -3.31. The molecule has 0 aliphatic heterocycles. The molecule has 0 aliphatic carbocycles. The van der Waals surface area contributed by atoms with Crippen molar-refractivity contribution < 1.29 is 78.9 Å². The molecule has 6 heteroatoms. The minimum absolute atomic E-state index is 0. The van der Waals surface area contributed by atoms with Gasteiger partial charge in [-0.25, -0.2) is 0 Å². The van der Waals surface area contributed by atoms with Crippen LogP contribution in [0.2, 0.25) is 0 Å². The van der Waals surface area contributed by atoms with Gasteiger partial charge in [0.15, 0.2) is 0 Å². The first-order valence-corrected chi connectivity index (χ1v) is 8.65. The molecule has 0 bridgehead atoms. The maximum atomic E-state index is 9.99. The number of hydrogen-bond donors (Lipinski definition) is 0. The minimum Gasteiger partial charge on any atom is -0.550 e. The first kappa shape index (κ1) is 32.6. The molecular formula is C18H34Na2O4. The molecule has 0 amide bonds. The van der Waals surface area contributed by atoms with Gasteiger partial charge in [0.05, 0.1) is 0 Å². The molecule has 4 nitrogen and oxygen atoms in total. The van der Waals surface area contributed by atoms with Crippen LogP contribution in [0.15, 0.2) is 0 Å². The summed E-state index contributed by atoms with van der Waals surface area (Å²) in [5.41, 5.74) is 0. The molecular weight excluding hydrogens is 326 g/mol. The van der Waals surface area contributed by atoms with Gasteiger partial charge in [-0.15, -0.1) is 0 Å². The van der Waals surface area contributed by atoms with Gasteiger partial charge in [0.2, 0.25) is 0 Å². The zero-order valence-electron chi connectivity index (χ0n) is 16.9. The van der Waals surface area contributed by atoms with Crippen molar-refractivity contribution >= 4 is 11.9 Å². The average molecular weight is 360 g/mol. The second kappa shape index (κ2) is 23.9. The van der Waals surface area contributed by atoms with Crippen LogP contribution in [0.1, 0.15) is 91.9 Å². The van der Waals surface area contributed by atoms with Gasteiger partial charge < -0.3 is 19.8 Å². The van der Waals surface area contributed by atoms with Crippen molar-refractivity contribution in [3.63, 3.8) is 0 Å². The molecule has 0 atom stereocenters. The summed E-state index contributed by atoms with van der Waals surface area (Å²) >= 11 is 0. The van der Waals surface area contributed by atoms with Crippen molar-refractivity contribution in [2.24, 2.45) is 11.8 Å². The minimum atomic E-state index is -0.922. The van der Waals surface area contributed by atoms with Gasteiger partial charge in [0.25, 0.3) is 0 Å². The van der Waals surface area contributed by atoms with E-state index in [1.807, 2.05) is 0 Å². The zero-order chi connectivity index (χ0) is 17.4. The Bertz CT molecular complexity index is 254. The number of rotatable bonds is 12. The Morgan fingerprint density at radius 2 is 0.917 bits per heavy atom. The van der Waals surface area contributed by atoms with E-state index in [2.05, 4.69) is 27.7 Å². The number of unbranched alkanes of at least 4 members (excludes halogenated alkanes) is 4. The van der Waals surface area contributed by atoms with Crippen LogP contribution in [0.5, 0.6) is 0 Å². The van der Waals surface area contributed by atoms with Gasteiger partial charge >= 0.3 is 59.1 Å². The quantitative estimate of drug-likeness (QED) is 0.270. The van der Waals surface area contributed by atoms with E-state index in [9.17, 15) is 19.8 Å². The average Bonchev–Trinajstić information content (AvgIpc) is 2.37. The van der Waals surface area contributed by atoms with Gasteiger partial charge in [-0.05, 0) is 37.5 Å². The van der Waals surface area contributed by atoms with Crippen molar-refractivity contribution in [3.05, 3.63) is 0 Å². The smallest absolute Gasteiger partial charge is 0.550 e. The monoisotopic (exact) mass is 360 g/mol. The van der Waals surface area contributed by atoms with Gasteiger partial charge in [0, 0.05) is 11.9 Å². The van der Waals surface area contributed by atoms with Crippen molar-refractivity contribution in [1.29, 1.82) is 0 Å². The summed E-state index contributed by atoms with van der Waals surface area (Å²) in [7, 11) is 0. The Morgan fingerprint density at radius 1 is 0.625 bits per heavy atom. The van der Waals surface area contributed by atoms with Gasteiger partial charge in [-0.3, -0.25) is 0 Å². The molecule has 0 saturated carbocycles. The van der Waals surface area contributed by atoms with Gasteiger partial charge in [0.1, 0.15) is 0 Å². The van der Waals surface area contributed by atoms with Crippen molar-refractivity contribution in [2.45, 2.75) is 91.9 Å². The van der Waals surface area contributed by atoms with E-state index in [0.29, 0.717) is 0 Å². The number of carboxylic acids is 2. The van der Waals surface area contributed by atoms with Crippen LogP contribution in [0.3, 0.4) is 0 Å². The summed E-state index contributed by atoms with van der Waals surface area (Å²) in [6, 6.07) is 0. The van der Waals surface area contributed by atoms with Crippen LogP contribution in [0.25, 0.3) is 0 Å².